The molecule has 2 aromatic rings. The lowest BCUT2D eigenvalue weighted by molar-refractivity contribution is -0.164. The fourth-order valence-corrected chi connectivity index (χ4v) is 6.25. The summed E-state index contributed by atoms with van der Waals surface area (Å²) >= 11 is 0. The van der Waals surface area contributed by atoms with Gasteiger partial charge in [0.05, 0.1) is 38.4 Å². The second-order valence-corrected chi connectivity index (χ2v) is 11.2. The summed E-state index contributed by atoms with van der Waals surface area (Å²) < 4.78 is 37.4. The number of ether oxygens (including phenoxy) is 2. The van der Waals surface area contributed by atoms with Crippen LogP contribution in [0.5, 0.6) is 0 Å². The third kappa shape index (κ3) is 5.55. The van der Waals surface area contributed by atoms with Crippen LogP contribution >= 0.6 is 8.53 Å². The number of aliphatic imine (C=N–C) groups is 1. The molecule has 14 heteroatoms. The van der Waals surface area contributed by atoms with Gasteiger partial charge in [-0.05, 0) is 34.6 Å². The molecule has 0 aromatic carbocycles. The molecule has 2 saturated heterocycles. The van der Waals surface area contributed by atoms with E-state index in [0.29, 0.717) is 5.65 Å². The number of aromatic nitrogens is 4. The van der Waals surface area contributed by atoms with Gasteiger partial charge in [0, 0.05) is 27.5 Å². The Balaban J connectivity index is 1.68. The van der Waals surface area contributed by atoms with Crippen molar-refractivity contribution in [3.8, 4) is 6.07 Å². The van der Waals surface area contributed by atoms with Crippen molar-refractivity contribution in [3.05, 3.63) is 16.7 Å². The van der Waals surface area contributed by atoms with Crippen molar-refractivity contribution in [3.63, 3.8) is 0 Å². The van der Waals surface area contributed by atoms with Crippen molar-refractivity contribution in [2.24, 2.45) is 4.99 Å². The molecule has 2 fully saturated rings. The molecule has 13 nitrogen and oxygen atoms in total. The number of aromatic amines is 1. The molecule has 2 aromatic heterocycles. The Bertz CT molecular complexity index is 1240. The molecule has 37 heavy (non-hydrogen) atoms. The molecule has 202 valence electrons. The predicted molar refractivity (Wildman–Crippen MR) is 138 cm³/mol. The average Bonchev–Trinajstić information content (AvgIpc) is 3.52. The highest BCUT2D eigenvalue weighted by atomic mass is 31.2. The summed E-state index contributed by atoms with van der Waals surface area (Å²) in [7, 11) is 2.03. The van der Waals surface area contributed by atoms with E-state index in [1.807, 2.05) is 14.1 Å². The fraction of sp³-hybridized carbons (Fsp3) is 0.696. The molecule has 2 aliphatic heterocycles. The van der Waals surface area contributed by atoms with Crippen LogP contribution < -0.4 is 5.56 Å². The van der Waals surface area contributed by atoms with E-state index in [-0.39, 0.29) is 50.1 Å². The van der Waals surface area contributed by atoms with Gasteiger partial charge >= 0.3 is 0 Å². The molecule has 0 radical (unpaired) electrons. The van der Waals surface area contributed by atoms with Gasteiger partial charge in [0.25, 0.3) is 14.1 Å². The molecular formula is C23H35N8O5P. The Morgan fingerprint density at radius 3 is 2.86 bits per heavy atom. The highest BCUT2D eigenvalue weighted by molar-refractivity contribution is 7.44. The van der Waals surface area contributed by atoms with E-state index in [1.165, 1.54) is 12.7 Å². The molecule has 2 bridgehead atoms. The van der Waals surface area contributed by atoms with Crippen LogP contribution in [0.2, 0.25) is 0 Å². The molecule has 4 rings (SSSR count). The maximum Gasteiger partial charge on any atom is 0.280 e. The number of nitriles is 1. The van der Waals surface area contributed by atoms with Crippen molar-refractivity contribution in [2.75, 3.05) is 27.3 Å². The quantitative estimate of drug-likeness (QED) is 0.197. The smallest absolute Gasteiger partial charge is 0.280 e. The minimum Gasteiger partial charge on any atom is -0.369 e. The second-order valence-electron chi connectivity index (χ2n) is 9.84. The highest BCUT2D eigenvalue weighted by Crippen LogP contribution is 2.55. The largest absolute Gasteiger partial charge is 0.369 e. The zero-order chi connectivity index (χ0) is 27.6. The summed E-state index contributed by atoms with van der Waals surface area (Å²) in [5.41, 5.74) is -1.04. The van der Waals surface area contributed by atoms with E-state index in [0.717, 1.165) is 0 Å². The fourth-order valence-electron chi connectivity index (χ4n) is 4.44. The minimum atomic E-state index is -1.59. The number of imidazole rings is 1. The number of hydrogen-bond acceptors (Lipinski definition) is 10. The Hall–Kier alpha value is -2.46. The van der Waals surface area contributed by atoms with E-state index in [2.05, 4.69) is 58.4 Å². The third-order valence-electron chi connectivity index (χ3n) is 5.94. The Morgan fingerprint density at radius 2 is 2.22 bits per heavy atom. The average molecular weight is 536 g/mol. The van der Waals surface area contributed by atoms with Gasteiger partial charge in [-0.1, -0.05) is 0 Å². The first-order valence-electron chi connectivity index (χ1n) is 12.8. The van der Waals surface area contributed by atoms with E-state index in [4.69, 9.17) is 25.2 Å². The second kappa shape index (κ2) is 11.1. The molecule has 0 amide bonds. The van der Waals surface area contributed by atoms with Gasteiger partial charge in [0.2, 0.25) is 5.95 Å². The molecule has 4 heterocycles. The zero-order valence-corrected chi connectivity index (χ0v) is 22.9. The van der Waals surface area contributed by atoms with E-state index in [1.54, 1.807) is 9.47 Å². The van der Waals surface area contributed by atoms with Crippen LogP contribution in [0.25, 0.3) is 11.2 Å². The summed E-state index contributed by atoms with van der Waals surface area (Å²) in [6, 6.07) is 2.33. The first-order chi connectivity index (χ1) is 18.1. The van der Waals surface area contributed by atoms with Crippen LogP contribution in [0.15, 0.2) is 16.1 Å². The molecule has 5 atom stereocenters. The molecule has 0 aliphatic carbocycles. The molecule has 0 spiro atoms. The van der Waals surface area contributed by atoms with Gasteiger partial charge in [0.15, 0.2) is 17.4 Å². The Labute approximate surface area is 218 Å². The van der Waals surface area contributed by atoms with Crippen molar-refractivity contribution in [2.45, 2.75) is 77.1 Å². The number of hydrogen-bond donors (Lipinski definition) is 1. The van der Waals surface area contributed by atoms with Crippen LogP contribution in [0.1, 0.15) is 48.6 Å². The Morgan fingerprint density at radius 1 is 1.46 bits per heavy atom. The van der Waals surface area contributed by atoms with Gasteiger partial charge in [0.1, 0.15) is 17.8 Å². The monoisotopic (exact) mass is 535 g/mol. The summed E-state index contributed by atoms with van der Waals surface area (Å²) in [6.07, 6.45) is 1.30. The number of fused-ring (bicyclic) bond motifs is 3. The van der Waals surface area contributed by atoms with Gasteiger partial charge in [-0.15, -0.1) is 0 Å². The lowest BCUT2D eigenvalue weighted by atomic mass is 10.0. The van der Waals surface area contributed by atoms with Crippen molar-refractivity contribution < 1.29 is 19.9 Å². The first-order valence-corrected chi connectivity index (χ1v) is 13.3. The van der Waals surface area contributed by atoms with Crippen LogP contribution in [-0.4, -0.2) is 92.6 Å². The molecule has 2 aliphatic rings. The van der Waals surface area contributed by atoms with E-state index >= 15 is 0 Å². The summed E-state index contributed by atoms with van der Waals surface area (Å²) in [6.45, 7) is 8.54. The first kappa shape index (κ1) is 26.2. The van der Waals surface area contributed by atoms with Gasteiger partial charge in [-0.25, -0.2) is 14.6 Å². The van der Waals surface area contributed by atoms with Gasteiger partial charge < -0.3 is 23.4 Å². The normalized spacial score (nSPS) is 26.6. The summed E-state index contributed by atoms with van der Waals surface area (Å²) in [5.74, 6) is 0.129. The summed E-state index contributed by atoms with van der Waals surface area (Å²) in [5, 5.41) is 9.03. The number of rotatable bonds is 11. The molecule has 1 unspecified atom stereocenters. The maximum atomic E-state index is 12.7. The van der Waals surface area contributed by atoms with E-state index < -0.39 is 38.1 Å². The van der Waals surface area contributed by atoms with E-state index in [9.17, 15) is 4.79 Å². The molecule has 0 saturated carbocycles. The molecule has 1 N–H and O–H groups in total. The zero-order valence-electron chi connectivity index (χ0n) is 23.0. The van der Waals surface area contributed by atoms with Crippen LogP contribution in [0, 0.1) is 11.3 Å². The van der Waals surface area contributed by atoms with Crippen LogP contribution in [0.4, 0.5) is 5.95 Å². The SMILES string of the molecule is [2H]C[C@@]12CO[C@@H]([C@H](n3cnc4c(=O)[nH]c(/N=C/N(C)C)nc43)O1)[C@@H]2OP(OCCC#N)N(C(C)C)C(C)C. The van der Waals surface area contributed by atoms with Gasteiger partial charge in [-0.3, -0.25) is 14.3 Å². The standard InChI is InChI=1S/C23H35N8O5P/c1-14(2)31(15(3)4)37(34-10-8-9-24)36-18-17-21(35-23(18,5)11-33-17)30-13-25-16-19(30)27-22(28-20(16)32)26-12-29(6)7/h12-15,17-18,21H,8,10-11H2,1-7H3,(H,27,28,32)/b26-12+/t17-,18+,21-,23+,37?/m1/s1/i5D. The molecular weight excluding hydrogens is 499 g/mol. The predicted octanol–water partition coefficient (Wildman–Crippen LogP) is 2.69. The van der Waals surface area contributed by atoms with Gasteiger partial charge in [-0.2, -0.15) is 10.2 Å². The lowest BCUT2D eigenvalue weighted by Gasteiger charge is -2.38. The topological polar surface area (TPSA) is 143 Å². The number of nitrogens with zero attached hydrogens (tertiary/aromatic N) is 7. The number of nitrogens with one attached hydrogen (secondary N) is 1. The summed E-state index contributed by atoms with van der Waals surface area (Å²) in [4.78, 5) is 30.0. The van der Waals surface area contributed by atoms with Crippen LogP contribution in [0.3, 0.4) is 0 Å². The highest BCUT2D eigenvalue weighted by Gasteiger charge is 2.62. The van der Waals surface area contributed by atoms with Crippen molar-refractivity contribution >= 4 is 32.0 Å². The third-order valence-corrected chi connectivity index (χ3v) is 8.06. The Kier molecular flexibility index (Phi) is 7.85. The van der Waals surface area contributed by atoms with Crippen molar-refractivity contribution in [1.29, 1.82) is 5.26 Å². The minimum absolute atomic E-state index is 0.103. The maximum absolute atomic E-state index is 12.7. The van der Waals surface area contributed by atoms with Crippen LogP contribution in [-0.2, 0) is 18.5 Å². The van der Waals surface area contributed by atoms with Crippen molar-refractivity contribution in [1.82, 2.24) is 29.1 Å². The number of H-pyrrole nitrogens is 1. The lowest BCUT2D eigenvalue weighted by Crippen LogP contribution is -2.40.